The topological polar surface area (TPSA) is 151 Å². The van der Waals surface area contributed by atoms with Crippen molar-refractivity contribution in [3.63, 3.8) is 0 Å². The van der Waals surface area contributed by atoms with E-state index in [9.17, 15) is 19.2 Å². The molecule has 0 unspecified atom stereocenters. The number of methoxy groups -OCH3 is 1. The molecule has 0 spiro atoms. The Morgan fingerprint density at radius 1 is 0.935 bits per heavy atom. The number of amides is 2. The number of nitrogens with zero attached hydrogens (tertiary/aromatic N) is 3. The van der Waals surface area contributed by atoms with Crippen molar-refractivity contribution in [3.8, 4) is 5.75 Å². The van der Waals surface area contributed by atoms with E-state index in [1.807, 2.05) is 34.9 Å². The van der Waals surface area contributed by atoms with Crippen LogP contribution in [0.15, 0.2) is 59.8 Å². The first-order valence-electron chi connectivity index (χ1n) is 14.5. The monoisotopic (exact) mass is 665 g/mol. The maximum absolute atomic E-state index is 13.1. The summed E-state index contributed by atoms with van der Waals surface area (Å²) in [6, 6.07) is 16.8. The molecule has 2 amide bonds. The zero-order valence-corrected chi connectivity index (χ0v) is 27.6. The van der Waals surface area contributed by atoms with Crippen LogP contribution in [0.2, 0.25) is 0 Å². The second-order valence-electron chi connectivity index (χ2n) is 9.71. The predicted molar refractivity (Wildman–Crippen MR) is 175 cm³/mol. The van der Waals surface area contributed by atoms with Crippen molar-refractivity contribution in [1.29, 1.82) is 0 Å². The molecule has 2 heterocycles. The van der Waals surface area contributed by atoms with Gasteiger partial charge in [-0.05, 0) is 50.5 Å². The van der Waals surface area contributed by atoms with E-state index >= 15 is 0 Å². The summed E-state index contributed by atoms with van der Waals surface area (Å²) in [7, 11) is 1.50. The molecule has 0 saturated carbocycles. The molecule has 0 aliphatic rings. The number of thioether (sulfide) groups is 1. The third kappa shape index (κ3) is 8.52. The average molecular weight is 666 g/mol. The Labute approximate surface area is 274 Å². The molecule has 14 heteroatoms. The quantitative estimate of drug-likeness (QED) is 0.132. The van der Waals surface area contributed by atoms with Gasteiger partial charge in [0, 0.05) is 6.54 Å². The highest BCUT2D eigenvalue weighted by molar-refractivity contribution is 7.99. The molecule has 12 nitrogen and oxygen atoms in total. The third-order valence-corrected chi connectivity index (χ3v) is 8.85. The van der Waals surface area contributed by atoms with Crippen molar-refractivity contribution < 1.29 is 33.4 Å². The number of aromatic nitrogens is 3. The van der Waals surface area contributed by atoms with E-state index in [1.54, 1.807) is 45.0 Å². The van der Waals surface area contributed by atoms with Crippen LogP contribution >= 0.6 is 23.1 Å². The molecule has 46 heavy (non-hydrogen) atoms. The minimum absolute atomic E-state index is 0.0645. The van der Waals surface area contributed by atoms with Crippen LogP contribution in [0.5, 0.6) is 5.75 Å². The number of ether oxygens (including phenoxy) is 3. The van der Waals surface area contributed by atoms with Crippen molar-refractivity contribution in [2.24, 2.45) is 0 Å². The van der Waals surface area contributed by atoms with Crippen LogP contribution < -0.4 is 15.4 Å². The molecule has 2 aromatic carbocycles. The van der Waals surface area contributed by atoms with Crippen molar-refractivity contribution >= 4 is 51.9 Å². The lowest BCUT2D eigenvalue weighted by Gasteiger charge is -2.12. The number of hydrogen-bond acceptors (Lipinski definition) is 11. The van der Waals surface area contributed by atoms with Gasteiger partial charge in [-0.2, -0.15) is 0 Å². The van der Waals surface area contributed by atoms with E-state index in [4.69, 9.17) is 14.2 Å². The highest BCUT2D eigenvalue weighted by Crippen LogP contribution is 2.34. The Balaban J connectivity index is 1.51. The Morgan fingerprint density at radius 2 is 1.63 bits per heavy atom. The number of aryl methyl sites for hydroxylation is 1. The Kier molecular flexibility index (Phi) is 12.3. The minimum atomic E-state index is -0.643. The Hall–Kier alpha value is -4.69. The van der Waals surface area contributed by atoms with Crippen LogP contribution in [-0.2, 0) is 33.8 Å². The maximum atomic E-state index is 13.1. The smallest absolute Gasteiger partial charge is 0.348 e. The van der Waals surface area contributed by atoms with E-state index < -0.39 is 17.8 Å². The number of para-hydroxylation sites is 1. The van der Waals surface area contributed by atoms with Gasteiger partial charge >= 0.3 is 11.9 Å². The van der Waals surface area contributed by atoms with Gasteiger partial charge in [0.25, 0.3) is 5.91 Å². The van der Waals surface area contributed by atoms with Crippen LogP contribution in [0.3, 0.4) is 0 Å². The summed E-state index contributed by atoms with van der Waals surface area (Å²) in [5, 5.41) is 14.9. The predicted octanol–water partition coefficient (Wildman–Crippen LogP) is 4.91. The molecule has 0 atom stereocenters. The van der Waals surface area contributed by atoms with E-state index in [-0.39, 0.29) is 46.9 Å². The summed E-state index contributed by atoms with van der Waals surface area (Å²) in [6.45, 7) is 5.87. The number of carbonyl (C=O) groups excluding carboxylic acids is 4. The molecule has 0 aliphatic carbocycles. The first-order valence-corrected chi connectivity index (χ1v) is 16.3. The summed E-state index contributed by atoms with van der Waals surface area (Å²) in [5.41, 5.74) is 1.99. The number of nitrogens with one attached hydrogen (secondary N) is 2. The lowest BCUT2D eigenvalue weighted by molar-refractivity contribution is -0.113. The van der Waals surface area contributed by atoms with Crippen molar-refractivity contribution in [2.45, 2.75) is 45.4 Å². The number of esters is 2. The van der Waals surface area contributed by atoms with E-state index in [0.29, 0.717) is 40.8 Å². The Bertz CT molecular complexity index is 1690. The largest absolute Gasteiger partial charge is 0.496 e. The van der Waals surface area contributed by atoms with Crippen LogP contribution in [0, 0.1) is 6.92 Å². The fourth-order valence-corrected chi connectivity index (χ4v) is 6.38. The van der Waals surface area contributed by atoms with E-state index in [1.165, 1.54) is 7.11 Å². The number of rotatable bonds is 15. The van der Waals surface area contributed by atoms with Gasteiger partial charge < -0.3 is 29.4 Å². The first kappa shape index (κ1) is 34.2. The normalized spacial score (nSPS) is 10.7. The van der Waals surface area contributed by atoms with E-state index in [2.05, 4.69) is 20.8 Å². The molecule has 4 rings (SSSR count). The summed E-state index contributed by atoms with van der Waals surface area (Å²) < 4.78 is 17.5. The molecule has 0 fully saturated rings. The molecule has 4 aromatic rings. The number of hydrogen-bond donors (Lipinski definition) is 2. The maximum Gasteiger partial charge on any atom is 0.348 e. The molecule has 0 saturated heterocycles. The number of carbonyl (C=O) groups is 4. The van der Waals surface area contributed by atoms with Gasteiger partial charge in [0.2, 0.25) is 5.91 Å². The lowest BCUT2D eigenvalue weighted by Crippen LogP contribution is -2.25. The number of benzene rings is 2. The zero-order valence-electron chi connectivity index (χ0n) is 26.0. The molecule has 2 N–H and O–H groups in total. The zero-order chi connectivity index (χ0) is 33.1. The summed E-state index contributed by atoms with van der Waals surface area (Å²) in [4.78, 5) is 51.5. The van der Waals surface area contributed by atoms with Crippen molar-refractivity contribution in [2.75, 3.05) is 31.4 Å². The van der Waals surface area contributed by atoms with Crippen LogP contribution in [0.1, 0.15) is 61.2 Å². The molecular weight excluding hydrogens is 631 g/mol. The highest BCUT2D eigenvalue weighted by Gasteiger charge is 2.27. The molecule has 0 radical (unpaired) electrons. The fourth-order valence-electron chi connectivity index (χ4n) is 4.49. The molecule has 2 aromatic heterocycles. The third-order valence-electron chi connectivity index (χ3n) is 6.69. The molecule has 242 valence electrons. The highest BCUT2D eigenvalue weighted by atomic mass is 32.2. The van der Waals surface area contributed by atoms with E-state index in [0.717, 1.165) is 28.7 Å². The second kappa shape index (κ2) is 16.6. The second-order valence-corrected chi connectivity index (χ2v) is 11.7. The lowest BCUT2D eigenvalue weighted by atomic mass is 10.1. The van der Waals surface area contributed by atoms with Gasteiger partial charge in [-0.3, -0.25) is 9.59 Å². The first-order chi connectivity index (χ1) is 22.3. The van der Waals surface area contributed by atoms with Crippen LogP contribution in [-0.4, -0.2) is 64.6 Å². The van der Waals surface area contributed by atoms with Crippen LogP contribution in [0.25, 0.3) is 0 Å². The summed E-state index contributed by atoms with van der Waals surface area (Å²) >= 11 is 2.12. The number of anilines is 1. The van der Waals surface area contributed by atoms with Crippen molar-refractivity contribution in [3.05, 3.63) is 87.6 Å². The number of thiophene rings is 1. The summed E-state index contributed by atoms with van der Waals surface area (Å²) in [5.74, 6) is -1.07. The van der Waals surface area contributed by atoms with Gasteiger partial charge in [0.15, 0.2) is 11.0 Å². The van der Waals surface area contributed by atoms with Gasteiger partial charge in [0.1, 0.15) is 15.6 Å². The Morgan fingerprint density at radius 3 is 2.35 bits per heavy atom. The minimum Gasteiger partial charge on any atom is -0.496 e. The molecular formula is C32H35N5O7S2. The molecule has 0 aliphatic heterocycles. The van der Waals surface area contributed by atoms with Gasteiger partial charge in [-0.1, -0.05) is 54.2 Å². The summed E-state index contributed by atoms with van der Waals surface area (Å²) in [6.07, 6.45) is 0.667. The fraction of sp³-hybridized carbons (Fsp3) is 0.312. The standard InChI is InChI=1S/C32H35N5O7S2/c1-5-43-30(40)26-20(3)27(31(41)44-6-2)46-29(26)34-25(38)19-45-32-36-35-24(37(32)17-16-21-12-8-7-9-13-21)18-33-28(39)22-14-10-11-15-23(22)42-4/h7-15H,5-6,16-19H2,1-4H3,(H,33,39)(H,34,38). The molecule has 0 bridgehead atoms. The average Bonchev–Trinajstić information content (AvgIpc) is 3.61. The van der Waals surface area contributed by atoms with Crippen LogP contribution in [0.4, 0.5) is 5.00 Å². The van der Waals surface area contributed by atoms with Crippen molar-refractivity contribution in [1.82, 2.24) is 20.1 Å². The van der Waals surface area contributed by atoms with Gasteiger partial charge in [-0.15, -0.1) is 21.5 Å². The van der Waals surface area contributed by atoms with Gasteiger partial charge in [0.05, 0.1) is 43.7 Å². The SMILES string of the molecule is CCOC(=O)c1sc(NC(=O)CSc2nnc(CNC(=O)c3ccccc3OC)n2CCc2ccccc2)c(C(=O)OCC)c1C. The van der Waals surface area contributed by atoms with Gasteiger partial charge in [-0.25, -0.2) is 9.59 Å².